The van der Waals surface area contributed by atoms with Crippen LogP contribution in [0.15, 0.2) is 53.7 Å². The Morgan fingerprint density at radius 3 is 2.50 bits per heavy atom. The predicted molar refractivity (Wildman–Crippen MR) is 80.3 cm³/mol. The molecular weight excluding hydrogens is 336 g/mol. The van der Waals surface area contributed by atoms with Crippen molar-refractivity contribution in [3.05, 3.63) is 65.1 Å². The second kappa shape index (κ2) is 5.93. The molecule has 1 aromatic carbocycles. The molecule has 1 aliphatic rings. The number of fused-ring (bicyclic) bond motifs is 1. The molecular formula is C15H12N2O6S. The molecule has 0 unspecified atom stereocenters. The summed E-state index contributed by atoms with van der Waals surface area (Å²) >= 11 is 0. The van der Waals surface area contributed by atoms with Crippen LogP contribution < -0.4 is 4.73 Å². The Morgan fingerprint density at radius 2 is 1.83 bits per heavy atom. The molecule has 0 fully saturated rings. The zero-order valence-corrected chi connectivity index (χ0v) is 13.1. The highest BCUT2D eigenvalue weighted by Gasteiger charge is 2.40. The number of rotatable bonds is 4. The van der Waals surface area contributed by atoms with Gasteiger partial charge in [-0.15, -0.1) is 0 Å². The van der Waals surface area contributed by atoms with Crippen LogP contribution >= 0.6 is 0 Å². The molecule has 0 N–H and O–H groups in total. The number of esters is 1. The van der Waals surface area contributed by atoms with Crippen LogP contribution in [-0.4, -0.2) is 37.8 Å². The third kappa shape index (κ3) is 2.69. The average molecular weight is 348 g/mol. The largest absolute Gasteiger partial charge is 0.619 e. The first-order chi connectivity index (χ1) is 11.4. The summed E-state index contributed by atoms with van der Waals surface area (Å²) in [7, 11) is -3.92. The molecule has 3 rings (SSSR count). The smallest absolute Gasteiger partial charge is 0.338 e. The van der Waals surface area contributed by atoms with Crippen molar-refractivity contribution < 1.29 is 27.5 Å². The SMILES string of the molecule is O=C(OCCN1C(=O)c2ccccc2S1(=O)=O)c1cc[n+]([O-])cc1. The van der Waals surface area contributed by atoms with Gasteiger partial charge in [0.05, 0.1) is 17.7 Å². The van der Waals surface area contributed by atoms with Gasteiger partial charge in [-0.25, -0.2) is 17.5 Å². The molecule has 1 amide bonds. The van der Waals surface area contributed by atoms with Crippen LogP contribution in [0.4, 0.5) is 0 Å². The van der Waals surface area contributed by atoms with Gasteiger partial charge in [0.2, 0.25) is 0 Å². The Balaban J connectivity index is 1.67. The monoisotopic (exact) mass is 348 g/mol. The van der Waals surface area contributed by atoms with E-state index in [1.54, 1.807) is 6.07 Å². The first kappa shape index (κ1) is 15.9. The molecule has 0 spiro atoms. The minimum Gasteiger partial charge on any atom is -0.619 e. The first-order valence-corrected chi connectivity index (χ1v) is 8.37. The summed E-state index contributed by atoms with van der Waals surface area (Å²) in [5.41, 5.74) is 0.257. The number of hydrogen-bond acceptors (Lipinski definition) is 6. The molecule has 0 saturated carbocycles. The maximum atomic E-state index is 12.3. The number of nitrogens with zero attached hydrogens (tertiary/aromatic N) is 2. The van der Waals surface area contributed by atoms with E-state index in [-0.39, 0.29) is 29.2 Å². The molecule has 0 radical (unpaired) electrons. The fraction of sp³-hybridized carbons (Fsp3) is 0.133. The average Bonchev–Trinajstić information content (AvgIpc) is 2.76. The molecule has 0 saturated heterocycles. The molecule has 2 heterocycles. The van der Waals surface area contributed by atoms with Crippen molar-refractivity contribution in [1.82, 2.24) is 4.31 Å². The van der Waals surface area contributed by atoms with Crippen molar-refractivity contribution in [3.8, 4) is 0 Å². The van der Waals surface area contributed by atoms with Gasteiger partial charge in [-0.2, -0.15) is 4.73 Å². The number of aromatic nitrogens is 1. The Kier molecular flexibility index (Phi) is 3.94. The summed E-state index contributed by atoms with van der Waals surface area (Å²) in [5.74, 6) is -1.36. The van der Waals surface area contributed by atoms with Crippen LogP contribution in [0, 0.1) is 5.21 Å². The van der Waals surface area contributed by atoms with Gasteiger partial charge in [0.1, 0.15) is 11.5 Å². The molecule has 0 atom stereocenters. The maximum absolute atomic E-state index is 12.3. The summed E-state index contributed by atoms with van der Waals surface area (Å²) < 4.78 is 30.8. The number of ether oxygens (including phenoxy) is 1. The van der Waals surface area contributed by atoms with Crippen molar-refractivity contribution in [1.29, 1.82) is 0 Å². The second-order valence-electron chi connectivity index (χ2n) is 4.96. The van der Waals surface area contributed by atoms with E-state index in [0.717, 1.165) is 12.4 Å². The standard InChI is InChI=1S/C15H12N2O6S/c18-14-12-3-1-2-4-13(12)24(21,22)17(14)9-10-23-15(19)11-5-7-16(20)8-6-11/h1-8H,9-10H2. The van der Waals surface area contributed by atoms with E-state index in [1.807, 2.05) is 0 Å². The van der Waals surface area contributed by atoms with Gasteiger partial charge in [-0.3, -0.25) is 4.79 Å². The quantitative estimate of drug-likeness (QED) is 0.447. The lowest BCUT2D eigenvalue weighted by Gasteiger charge is -2.14. The number of pyridine rings is 1. The summed E-state index contributed by atoms with van der Waals surface area (Å²) in [6, 6.07) is 8.46. The topological polar surface area (TPSA) is 108 Å². The van der Waals surface area contributed by atoms with E-state index in [9.17, 15) is 23.2 Å². The molecule has 0 bridgehead atoms. The normalized spacial score (nSPS) is 15.2. The molecule has 9 heteroatoms. The highest BCUT2D eigenvalue weighted by atomic mass is 32.2. The fourth-order valence-corrected chi connectivity index (χ4v) is 3.86. The van der Waals surface area contributed by atoms with Crippen molar-refractivity contribution >= 4 is 21.9 Å². The van der Waals surface area contributed by atoms with Crippen LogP contribution in [0.5, 0.6) is 0 Å². The van der Waals surface area contributed by atoms with Crippen molar-refractivity contribution in [2.24, 2.45) is 0 Å². The van der Waals surface area contributed by atoms with Crippen LogP contribution in [0.25, 0.3) is 0 Å². The number of sulfonamides is 1. The third-order valence-corrected chi connectivity index (χ3v) is 5.32. The Morgan fingerprint density at radius 1 is 1.17 bits per heavy atom. The molecule has 0 aliphatic carbocycles. The molecule has 24 heavy (non-hydrogen) atoms. The zero-order valence-electron chi connectivity index (χ0n) is 12.3. The minimum atomic E-state index is -3.92. The van der Waals surface area contributed by atoms with E-state index in [2.05, 4.69) is 0 Å². The lowest BCUT2D eigenvalue weighted by atomic mass is 10.2. The summed E-state index contributed by atoms with van der Waals surface area (Å²) in [4.78, 5) is 23.9. The molecule has 8 nitrogen and oxygen atoms in total. The van der Waals surface area contributed by atoms with Gasteiger partial charge < -0.3 is 9.94 Å². The van der Waals surface area contributed by atoms with Crippen LogP contribution in [0.3, 0.4) is 0 Å². The van der Waals surface area contributed by atoms with Crippen LogP contribution in [-0.2, 0) is 14.8 Å². The third-order valence-electron chi connectivity index (χ3n) is 3.48. The lowest BCUT2D eigenvalue weighted by Crippen LogP contribution is -2.33. The number of amides is 1. The number of hydrogen-bond donors (Lipinski definition) is 0. The molecule has 1 aliphatic heterocycles. The highest BCUT2D eigenvalue weighted by molar-refractivity contribution is 7.90. The molecule has 124 valence electrons. The van der Waals surface area contributed by atoms with Gasteiger partial charge in [0.25, 0.3) is 15.9 Å². The van der Waals surface area contributed by atoms with Gasteiger partial charge >= 0.3 is 5.97 Å². The van der Waals surface area contributed by atoms with Crippen molar-refractivity contribution in [3.63, 3.8) is 0 Å². The number of carbonyl (C=O) groups is 2. The van der Waals surface area contributed by atoms with Gasteiger partial charge in [0, 0.05) is 12.1 Å². The predicted octanol–water partition coefficient (Wildman–Crippen LogP) is 0.321. The zero-order chi connectivity index (χ0) is 17.3. The second-order valence-corrected chi connectivity index (χ2v) is 6.79. The van der Waals surface area contributed by atoms with E-state index in [4.69, 9.17) is 4.74 Å². The summed E-state index contributed by atoms with van der Waals surface area (Å²) in [6.45, 7) is -0.569. The summed E-state index contributed by atoms with van der Waals surface area (Å²) in [5, 5.41) is 10.9. The Hall–Kier alpha value is -2.94. The summed E-state index contributed by atoms with van der Waals surface area (Å²) in [6.07, 6.45) is 2.28. The van der Waals surface area contributed by atoms with Gasteiger partial charge in [-0.05, 0) is 12.1 Å². The van der Waals surface area contributed by atoms with Gasteiger partial charge in [-0.1, -0.05) is 12.1 Å². The van der Waals surface area contributed by atoms with Crippen LogP contribution in [0.2, 0.25) is 0 Å². The molecule has 2 aromatic rings. The van der Waals surface area contributed by atoms with Crippen molar-refractivity contribution in [2.45, 2.75) is 4.90 Å². The van der Waals surface area contributed by atoms with E-state index < -0.39 is 21.9 Å². The Labute approximate surface area is 137 Å². The van der Waals surface area contributed by atoms with E-state index >= 15 is 0 Å². The maximum Gasteiger partial charge on any atom is 0.338 e. The van der Waals surface area contributed by atoms with E-state index in [0.29, 0.717) is 9.04 Å². The van der Waals surface area contributed by atoms with Crippen LogP contribution in [0.1, 0.15) is 20.7 Å². The van der Waals surface area contributed by atoms with E-state index in [1.165, 1.54) is 30.3 Å². The number of carbonyl (C=O) groups excluding carboxylic acids is 2. The first-order valence-electron chi connectivity index (χ1n) is 6.93. The molecule has 1 aromatic heterocycles. The number of benzene rings is 1. The lowest BCUT2D eigenvalue weighted by molar-refractivity contribution is -0.605. The minimum absolute atomic E-state index is 0.0515. The Bertz CT molecular complexity index is 908. The van der Waals surface area contributed by atoms with Crippen molar-refractivity contribution in [2.75, 3.05) is 13.2 Å². The highest BCUT2D eigenvalue weighted by Crippen LogP contribution is 2.29. The fourth-order valence-electron chi connectivity index (χ4n) is 2.31. The van der Waals surface area contributed by atoms with Gasteiger partial charge in [0.15, 0.2) is 12.4 Å².